The van der Waals surface area contributed by atoms with Crippen molar-refractivity contribution in [2.24, 2.45) is 0 Å². The van der Waals surface area contributed by atoms with Gasteiger partial charge in [-0.1, -0.05) is 29.8 Å². The van der Waals surface area contributed by atoms with Gasteiger partial charge < -0.3 is 20.3 Å². The summed E-state index contributed by atoms with van der Waals surface area (Å²) >= 11 is 5.78. The Morgan fingerprint density at radius 1 is 1.11 bits per heavy atom. The number of hydrogen-bond donors (Lipinski definition) is 2. The van der Waals surface area contributed by atoms with Crippen LogP contribution in [0.5, 0.6) is 5.75 Å². The summed E-state index contributed by atoms with van der Waals surface area (Å²) in [5.41, 5.74) is 2.24. The van der Waals surface area contributed by atoms with Crippen molar-refractivity contribution in [3.8, 4) is 16.9 Å². The Hall–Kier alpha value is -4.08. The van der Waals surface area contributed by atoms with Crippen LogP contribution in [0.25, 0.3) is 22.0 Å². The van der Waals surface area contributed by atoms with E-state index in [9.17, 15) is 13.6 Å². The zero-order valence-electron chi connectivity index (χ0n) is 20.3. The van der Waals surface area contributed by atoms with Crippen molar-refractivity contribution < 1.29 is 18.3 Å². The van der Waals surface area contributed by atoms with Crippen LogP contribution in [0.1, 0.15) is 0 Å². The highest BCUT2D eigenvalue weighted by Gasteiger charge is 2.19. The van der Waals surface area contributed by atoms with Gasteiger partial charge in [-0.3, -0.25) is 4.79 Å². The summed E-state index contributed by atoms with van der Waals surface area (Å²) in [6, 6.07) is 13.0. The molecule has 0 saturated carbocycles. The molecular weight excluding hydrogens is 500 g/mol. The first-order valence-electron chi connectivity index (χ1n) is 11.2. The number of rotatable bonds is 8. The van der Waals surface area contributed by atoms with Gasteiger partial charge in [0.1, 0.15) is 28.7 Å². The molecule has 0 bridgehead atoms. The number of halogens is 3. The topological polar surface area (TPSA) is 79.4 Å². The fourth-order valence-corrected chi connectivity index (χ4v) is 3.89. The number of ether oxygens (including phenoxy) is 1. The van der Waals surface area contributed by atoms with Gasteiger partial charge in [-0.25, -0.2) is 18.7 Å². The fourth-order valence-electron chi connectivity index (χ4n) is 3.72. The minimum absolute atomic E-state index is 0.0657. The van der Waals surface area contributed by atoms with E-state index < -0.39 is 16.7 Å². The van der Waals surface area contributed by atoms with E-state index in [1.54, 1.807) is 37.5 Å². The number of amides is 1. The molecule has 0 aliphatic carbocycles. The van der Waals surface area contributed by atoms with Crippen LogP contribution in [0.15, 0.2) is 67.0 Å². The quantitative estimate of drug-likeness (QED) is 0.217. The lowest BCUT2D eigenvalue weighted by molar-refractivity contribution is -0.111. The molecule has 0 aliphatic rings. The lowest BCUT2D eigenvalue weighted by Crippen LogP contribution is -2.13. The number of likely N-dealkylation sites (N-methyl/N-ethyl adjacent to an activating group) is 1. The van der Waals surface area contributed by atoms with Gasteiger partial charge in [-0.05, 0) is 56.1 Å². The molecule has 3 aromatic carbocycles. The summed E-state index contributed by atoms with van der Waals surface area (Å²) in [4.78, 5) is 23.4. The molecule has 4 aromatic rings. The first-order valence-corrected chi connectivity index (χ1v) is 11.6. The average Bonchev–Trinajstić information content (AvgIpc) is 2.89. The Morgan fingerprint density at radius 2 is 1.89 bits per heavy atom. The minimum Gasteiger partial charge on any atom is -0.497 e. The average molecular weight is 524 g/mol. The summed E-state index contributed by atoms with van der Waals surface area (Å²) in [7, 11) is 5.36. The van der Waals surface area contributed by atoms with Gasteiger partial charge in [0, 0.05) is 23.9 Å². The minimum atomic E-state index is -0.952. The van der Waals surface area contributed by atoms with Gasteiger partial charge >= 0.3 is 0 Å². The number of carbonyl (C=O) groups is 1. The Labute approximate surface area is 217 Å². The number of fused-ring (bicyclic) bond motifs is 1. The van der Waals surface area contributed by atoms with Gasteiger partial charge in [0.05, 0.1) is 23.7 Å². The van der Waals surface area contributed by atoms with E-state index in [0.29, 0.717) is 40.0 Å². The third-order valence-electron chi connectivity index (χ3n) is 5.45. The molecule has 0 spiro atoms. The Kier molecular flexibility index (Phi) is 7.95. The fraction of sp³-hybridized carbons (Fsp3) is 0.148. The molecule has 0 radical (unpaired) electrons. The van der Waals surface area contributed by atoms with Crippen molar-refractivity contribution in [1.29, 1.82) is 0 Å². The smallest absolute Gasteiger partial charge is 0.248 e. The molecule has 190 valence electrons. The summed E-state index contributed by atoms with van der Waals surface area (Å²) in [5, 5.41) is 5.70. The number of nitrogens with zero attached hydrogens (tertiary/aromatic N) is 3. The highest BCUT2D eigenvalue weighted by molar-refractivity contribution is 6.31. The maximum Gasteiger partial charge on any atom is 0.248 e. The number of methoxy groups -OCH3 is 1. The predicted octanol–water partition coefficient (Wildman–Crippen LogP) is 6.04. The summed E-state index contributed by atoms with van der Waals surface area (Å²) in [6.07, 6.45) is 4.53. The molecule has 1 amide bonds. The van der Waals surface area contributed by atoms with E-state index in [2.05, 4.69) is 20.6 Å². The van der Waals surface area contributed by atoms with Crippen molar-refractivity contribution >= 4 is 45.6 Å². The highest BCUT2D eigenvalue weighted by Crippen LogP contribution is 2.40. The summed E-state index contributed by atoms with van der Waals surface area (Å²) in [5.74, 6) is -1.31. The van der Waals surface area contributed by atoms with E-state index in [1.807, 2.05) is 31.1 Å². The zero-order chi connectivity index (χ0) is 26.5. The Morgan fingerprint density at radius 3 is 2.65 bits per heavy atom. The SMILES string of the molecule is COc1cccc(-c2c(NC(=O)/C=C/CN(C)C)ccc3ncnc(Nc4ccc(F)c(Cl)c4F)c23)c1. The molecule has 0 saturated heterocycles. The largest absolute Gasteiger partial charge is 0.497 e. The van der Waals surface area contributed by atoms with E-state index in [1.165, 1.54) is 18.5 Å². The molecule has 10 heteroatoms. The third-order valence-corrected chi connectivity index (χ3v) is 5.79. The number of nitrogens with one attached hydrogen (secondary N) is 2. The van der Waals surface area contributed by atoms with Crippen LogP contribution >= 0.6 is 11.6 Å². The molecule has 1 heterocycles. The number of aromatic nitrogens is 2. The molecule has 4 rings (SSSR count). The number of anilines is 3. The predicted molar refractivity (Wildman–Crippen MR) is 143 cm³/mol. The highest BCUT2D eigenvalue weighted by atomic mass is 35.5. The number of carbonyl (C=O) groups excluding carboxylic acids is 1. The van der Waals surface area contributed by atoms with Crippen LogP contribution in [0.3, 0.4) is 0 Å². The van der Waals surface area contributed by atoms with Gasteiger partial charge in [0.15, 0.2) is 5.82 Å². The molecule has 0 fully saturated rings. The van der Waals surface area contributed by atoms with Gasteiger partial charge in [0.25, 0.3) is 0 Å². The Balaban J connectivity index is 1.89. The maximum absolute atomic E-state index is 14.7. The second-order valence-corrected chi connectivity index (χ2v) is 8.72. The zero-order valence-corrected chi connectivity index (χ0v) is 21.1. The first kappa shape index (κ1) is 26.0. The third kappa shape index (κ3) is 5.84. The summed E-state index contributed by atoms with van der Waals surface area (Å²) in [6.45, 7) is 0.599. The van der Waals surface area contributed by atoms with Gasteiger partial charge in [-0.15, -0.1) is 0 Å². The van der Waals surface area contributed by atoms with Crippen LogP contribution in [-0.4, -0.2) is 48.5 Å². The van der Waals surface area contributed by atoms with E-state index in [-0.39, 0.29) is 17.4 Å². The van der Waals surface area contributed by atoms with Crippen LogP contribution in [0.2, 0.25) is 5.02 Å². The molecule has 7 nitrogen and oxygen atoms in total. The lowest BCUT2D eigenvalue weighted by atomic mass is 9.98. The standard InChI is InChI=1S/C27H24ClF2N5O2/c1-35(2)13-5-8-22(36)33-20-12-11-19-24(23(20)16-6-4-7-17(14-16)37-3)27(32-15-31-19)34-21-10-9-18(29)25(28)26(21)30/h4-12,14-15H,13H2,1-3H3,(H,33,36)(H,31,32,34)/b8-5+. The van der Waals surface area contributed by atoms with Crippen LogP contribution in [0, 0.1) is 11.6 Å². The lowest BCUT2D eigenvalue weighted by Gasteiger charge is -2.17. The molecule has 0 atom stereocenters. The van der Waals surface area contributed by atoms with Crippen molar-refractivity contribution in [1.82, 2.24) is 14.9 Å². The second kappa shape index (κ2) is 11.3. The first-order chi connectivity index (χ1) is 17.8. The number of hydrogen-bond acceptors (Lipinski definition) is 6. The van der Waals surface area contributed by atoms with Crippen molar-refractivity contribution in [2.45, 2.75) is 0 Å². The number of benzene rings is 3. The van der Waals surface area contributed by atoms with Crippen molar-refractivity contribution in [3.05, 3.63) is 83.7 Å². The van der Waals surface area contributed by atoms with Gasteiger partial charge in [0.2, 0.25) is 5.91 Å². The monoisotopic (exact) mass is 523 g/mol. The molecule has 2 N–H and O–H groups in total. The van der Waals surface area contributed by atoms with Crippen LogP contribution < -0.4 is 15.4 Å². The molecule has 0 unspecified atom stereocenters. The van der Waals surface area contributed by atoms with E-state index >= 15 is 0 Å². The maximum atomic E-state index is 14.7. The van der Waals surface area contributed by atoms with E-state index in [0.717, 1.165) is 6.07 Å². The molecule has 0 aliphatic heterocycles. The molecule has 37 heavy (non-hydrogen) atoms. The van der Waals surface area contributed by atoms with Crippen LogP contribution in [-0.2, 0) is 4.79 Å². The molecular formula is C27H24ClF2N5O2. The van der Waals surface area contributed by atoms with Crippen LogP contribution in [0.4, 0.5) is 26.0 Å². The normalized spacial score (nSPS) is 11.3. The summed E-state index contributed by atoms with van der Waals surface area (Å²) < 4.78 is 33.9. The van der Waals surface area contributed by atoms with Gasteiger partial charge in [-0.2, -0.15) is 0 Å². The molecule has 1 aromatic heterocycles. The van der Waals surface area contributed by atoms with Crippen molar-refractivity contribution in [3.63, 3.8) is 0 Å². The van der Waals surface area contributed by atoms with Crippen molar-refractivity contribution in [2.75, 3.05) is 38.4 Å². The second-order valence-electron chi connectivity index (χ2n) is 8.34. The Bertz CT molecular complexity index is 1490. The van der Waals surface area contributed by atoms with E-state index in [4.69, 9.17) is 16.3 Å².